The average Bonchev–Trinajstić information content (AvgIpc) is 2.52. The zero-order chi connectivity index (χ0) is 8.81. The van der Waals surface area contributed by atoms with Gasteiger partial charge in [-0.15, -0.1) is 0 Å². The summed E-state index contributed by atoms with van der Waals surface area (Å²) in [4.78, 5) is 8.36. The number of carbonyl (C=O) groups is 1. The first-order valence-electron chi connectivity index (χ1n) is 4.03. The van der Waals surface area contributed by atoms with Gasteiger partial charge in [0.15, 0.2) is 0 Å². The Morgan fingerprint density at radius 1 is 1.17 bits per heavy atom. The standard InChI is InChI=1S/C9H10.CH2O2/c1-2-5-9-7-3-6-8(9)4-1;2-1-3/h1-2,4-5H,3,6-7H2;1H,(H,2,3). The van der Waals surface area contributed by atoms with Crippen molar-refractivity contribution in [2.24, 2.45) is 0 Å². The number of aryl methyl sites for hydroxylation is 2. The highest BCUT2D eigenvalue weighted by Crippen LogP contribution is 2.20. The SMILES string of the molecule is O=CO.c1ccc2c(c1)CCC2. The molecule has 1 aliphatic rings. The molecule has 0 radical (unpaired) electrons. The van der Waals surface area contributed by atoms with Gasteiger partial charge in [0, 0.05) is 0 Å². The van der Waals surface area contributed by atoms with Crippen LogP contribution in [0.2, 0.25) is 0 Å². The molecule has 0 saturated carbocycles. The van der Waals surface area contributed by atoms with Gasteiger partial charge in [-0.3, -0.25) is 4.79 Å². The second kappa shape index (κ2) is 4.54. The first-order valence-corrected chi connectivity index (χ1v) is 4.03. The van der Waals surface area contributed by atoms with Crippen LogP contribution >= 0.6 is 0 Å². The molecule has 0 saturated heterocycles. The molecule has 0 unspecified atom stereocenters. The van der Waals surface area contributed by atoms with Crippen LogP contribution in [0.1, 0.15) is 17.5 Å². The molecule has 0 heterocycles. The summed E-state index contributed by atoms with van der Waals surface area (Å²) >= 11 is 0. The smallest absolute Gasteiger partial charge is 0.290 e. The summed E-state index contributed by atoms with van der Waals surface area (Å²) in [6, 6.07) is 8.74. The second-order valence-electron chi connectivity index (χ2n) is 2.73. The Kier molecular flexibility index (Phi) is 3.33. The van der Waals surface area contributed by atoms with Crippen LogP contribution in [0, 0.1) is 0 Å². The number of fused-ring (bicyclic) bond motifs is 1. The Morgan fingerprint density at radius 2 is 1.58 bits per heavy atom. The molecular formula is C10H12O2. The van der Waals surface area contributed by atoms with Crippen LogP contribution in [-0.4, -0.2) is 11.6 Å². The van der Waals surface area contributed by atoms with E-state index in [1.54, 1.807) is 11.1 Å². The number of carboxylic acid groups (broad SMARTS) is 1. The van der Waals surface area contributed by atoms with Crippen LogP contribution < -0.4 is 0 Å². The summed E-state index contributed by atoms with van der Waals surface area (Å²) < 4.78 is 0. The third kappa shape index (κ3) is 2.09. The zero-order valence-electron chi connectivity index (χ0n) is 6.86. The topological polar surface area (TPSA) is 37.3 Å². The van der Waals surface area contributed by atoms with Crippen LogP contribution in [0.15, 0.2) is 24.3 Å². The van der Waals surface area contributed by atoms with Gasteiger partial charge >= 0.3 is 0 Å². The lowest BCUT2D eigenvalue weighted by Gasteiger charge is -1.93. The van der Waals surface area contributed by atoms with E-state index in [-0.39, 0.29) is 6.47 Å². The highest BCUT2D eigenvalue weighted by Gasteiger charge is 2.07. The van der Waals surface area contributed by atoms with E-state index in [4.69, 9.17) is 9.90 Å². The summed E-state index contributed by atoms with van der Waals surface area (Å²) in [5.41, 5.74) is 3.13. The molecule has 0 aromatic heterocycles. The van der Waals surface area contributed by atoms with Crippen molar-refractivity contribution < 1.29 is 9.90 Å². The van der Waals surface area contributed by atoms with Crippen LogP contribution in [0.5, 0.6) is 0 Å². The fourth-order valence-electron chi connectivity index (χ4n) is 1.51. The molecule has 0 bridgehead atoms. The van der Waals surface area contributed by atoms with Crippen LogP contribution in [-0.2, 0) is 17.6 Å². The summed E-state index contributed by atoms with van der Waals surface area (Å²) in [6.07, 6.45) is 3.96. The normalized spacial score (nSPS) is 12.7. The van der Waals surface area contributed by atoms with Crippen molar-refractivity contribution in [3.8, 4) is 0 Å². The lowest BCUT2D eigenvalue weighted by molar-refractivity contribution is -0.122. The summed E-state index contributed by atoms with van der Waals surface area (Å²) in [6.45, 7) is -0.250. The number of hydrogen-bond donors (Lipinski definition) is 1. The van der Waals surface area contributed by atoms with Crippen LogP contribution in [0.25, 0.3) is 0 Å². The predicted molar refractivity (Wildman–Crippen MR) is 47.2 cm³/mol. The molecular weight excluding hydrogens is 152 g/mol. The van der Waals surface area contributed by atoms with E-state index in [2.05, 4.69) is 24.3 Å². The molecule has 1 aromatic carbocycles. The summed E-state index contributed by atoms with van der Waals surface area (Å²) in [5.74, 6) is 0. The first-order chi connectivity index (χ1) is 5.88. The Labute approximate surface area is 71.8 Å². The Balaban J connectivity index is 0.000000213. The van der Waals surface area contributed by atoms with Gasteiger partial charge in [-0.2, -0.15) is 0 Å². The van der Waals surface area contributed by atoms with Gasteiger partial charge in [0.2, 0.25) is 0 Å². The third-order valence-corrected chi connectivity index (χ3v) is 2.01. The van der Waals surface area contributed by atoms with Crippen molar-refractivity contribution in [3.63, 3.8) is 0 Å². The molecule has 0 fully saturated rings. The van der Waals surface area contributed by atoms with Gasteiger partial charge in [-0.1, -0.05) is 24.3 Å². The van der Waals surface area contributed by atoms with Gasteiger partial charge in [-0.25, -0.2) is 0 Å². The van der Waals surface area contributed by atoms with Gasteiger partial charge in [0.1, 0.15) is 0 Å². The number of hydrogen-bond acceptors (Lipinski definition) is 1. The lowest BCUT2D eigenvalue weighted by Crippen LogP contribution is -1.77. The van der Waals surface area contributed by atoms with Crippen molar-refractivity contribution >= 4 is 6.47 Å². The molecule has 0 aliphatic heterocycles. The zero-order valence-corrected chi connectivity index (χ0v) is 6.86. The molecule has 12 heavy (non-hydrogen) atoms. The van der Waals surface area contributed by atoms with E-state index in [0.29, 0.717) is 0 Å². The first kappa shape index (κ1) is 8.78. The van der Waals surface area contributed by atoms with E-state index in [1.807, 2.05) is 0 Å². The number of benzene rings is 1. The maximum Gasteiger partial charge on any atom is 0.290 e. The fraction of sp³-hybridized carbons (Fsp3) is 0.300. The van der Waals surface area contributed by atoms with Gasteiger partial charge in [0.05, 0.1) is 0 Å². The van der Waals surface area contributed by atoms with Crippen LogP contribution in [0.3, 0.4) is 0 Å². The Bertz CT molecular complexity index is 233. The quantitative estimate of drug-likeness (QED) is 0.594. The van der Waals surface area contributed by atoms with Crippen LogP contribution in [0.4, 0.5) is 0 Å². The van der Waals surface area contributed by atoms with Crippen molar-refractivity contribution in [1.82, 2.24) is 0 Å². The molecule has 1 aliphatic carbocycles. The largest absolute Gasteiger partial charge is 0.483 e. The maximum atomic E-state index is 8.36. The summed E-state index contributed by atoms with van der Waals surface area (Å²) in [5, 5.41) is 6.89. The Morgan fingerprint density at radius 3 is 2.00 bits per heavy atom. The van der Waals surface area contributed by atoms with Gasteiger partial charge < -0.3 is 5.11 Å². The van der Waals surface area contributed by atoms with Gasteiger partial charge in [0.25, 0.3) is 6.47 Å². The van der Waals surface area contributed by atoms with Crippen molar-refractivity contribution in [1.29, 1.82) is 0 Å². The summed E-state index contributed by atoms with van der Waals surface area (Å²) in [7, 11) is 0. The monoisotopic (exact) mass is 164 g/mol. The van der Waals surface area contributed by atoms with E-state index < -0.39 is 0 Å². The minimum Gasteiger partial charge on any atom is -0.483 e. The predicted octanol–water partition coefficient (Wildman–Crippen LogP) is 1.88. The molecule has 64 valence electrons. The lowest BCUT2D eigenvalue weighted by atomic mass is 10.1. The molecule has 1 aromatic rings. The van der Waals surface area contributed by atoms with Crippen molar-refractivity contribution in [2.75, 3.05) is 0 Å². The second-order valence-corrected chi connectivity index (χ2v) is 2.73. The molecule has 0 spiro atoms. The molecule has 0 atom stereocenters. The minimum absolute atomic E-state index is 0.250. The van der Waals surface area contributed by atoms with E-state index in [0.717, 1.165) is 0 Å². The van der Waals surface area contributed by atoms with Crippen molar-refractivity contribution in [3.05, 3.63) is 35.4 Å². The van der Waals surface area contributed by atoms with Gasteiger partial charge in [-0.05, 0) is 30.4 Å². The third-order valence-electron chi connectivity index (χ3n) is 2.01. The van der Waals surface area contributed by atoms with E-state index in [1.165, 1.54) is 19.3 Å². The molecule has 1 N–H and O–H groups in total. The van der Waals surface area contributed by atoms with E-state index >= 15 is 0 Å². The minimum atomic E-state index is -0.250. The van der Waals surface area contributed by atoms with E-state index in [9.17, 15) is 0 Å². The fourth-order valence-corrected chi connectivity index (χ4v) is 1.51. The molecule has 0 amide bonds. The molecule has 2 nitrogen and oxygen atoms in total. The average molecular weight is 164 g/mol. The molecule has 2 heteroatoms. The number of rotatable bonds is 0. The molecule has 2 rings (SSSR count). The highest BCUT2D eigenvalue weighted by molar-refractivity contribution is 5.32. The maximum absolute atomic E-state index is 8.36. The van der Waals surface area contributed by atoms with Crippen molar-refractivity contribution in [2.45, 2.75) is 19.3 Å². The highest BCUT2D eigenvalue weighted by atomic mass is 16.3. The Hall–Kier alpha value is -1.31.